The Morgan fingerprint density at radius 3 is 2.48 bits per heavy atom. The van der Waals surface area contributed by atoms with Crippen molar-refractivity contribution in [2.45, 2.75) is 6.54 Å². The van der Waals surface area contributed by atoms with E-state index in [9.17, 15) is 4.79 Å². The maximum Gasteiger partial charge on any atom is 0.249 e. The number of amides is 1. The minimum atomic E-state index is -0.470. The van der Waals surface area contributed by atoms with Crippen molar-refractivity contribution in [3.63, 3.8) is 0 Å². The third kappa shape index (κ3) is 3.82. The molecule has 0 aliphatic heterocycles. The molecule has 0 aliphatic carbocycles. The monoisotopic (exact) mass is 473 g/mol. The second-order valence-electron chi connectivity index (χ2n) is 7.77. The van der Waals surface area contributed by atoms with Crippen LogP contribution in [0.15, 0.2) is 72.8 Å². The largest absolute Gasteiger partial charge is 0.495 e. The Morgan fingerprint density at radius 2 is 1.79 bits per heavy atom. The van der Waals surface area contributed by atoms with Gasteiger partial charge in [-0.25, -0.2) is 0 Å². The zero-order valence-electron chi connectivity index (χ0n) is 17.7. The molecule has 1 radical (unpaired) electrons. The highest BCUT2D eigenvalue weighted by Crippen LogP contribution is 2.35. The van der Waals surface area contributed by atoms with Crippen molar-refractivity contribution in [2.24, 2.45) is 5.73 Å². The molecule has 1 heterocycles. The SMILES string of the molecule is COc1ccc(Cn2c3cc(-c4ccc(Cl)cc4)c[c]c3c3c(C(N)=O)cccc32)cc1Cl. The van der Waals surface area contributed by atoms with Gasteiger partial charge in [-0.1, -0.05) is 47.5 Å². The van der Waals surface area contributed by atoms with E-state index < -0.39 is 5.91 Å². The number of aromatic nitrogens is 1. The van der Waals surface area contributed by atoms with Crippen LogP contribution in [0.25, 0.3) is 32.9 Å². The van der Waals surface area contributed by atoms with E-state index in [0.717, 1.165) is 38.5 Å². The van der Waals surface area contributed by atoms with Crippen molar-refractivity contribution in [3.05, 3.63) is 100 Å². The van der Waals surface area contributed by atoms with Gasteiger partial charge in [0.25, 0.3) is 0 Å². The molecule has 5 aromatic rings. The molecule has 0 spiro atoms. The van der Waals surface area contributed by atoms with Crippen LogP contribution in [0.2, 0.25) is 10.0 Å². The molecule has 1 aromatic heterocycles. The van der Waals surface area contributed by atoms with Gasteiger partial charge in [-0.3, -0.25) is 4.79 Å². The van der Waals surface area contributed by atoms with Gasteiger partial charge in [-0.2, -0.15) is 0 Å². The van der Waals surface area contributed by atoms with E-state index >= 15 is 0 Å². The number of primary amides is 1. The molecule has 0 atom stereocenters. The Balaban J connectivity index is 1.76. The molecule has 163 valence electrons. The van der Waals surface area contributed by atoms with Crippen LogP contribution < -0.4 is 10.5 Å². The summed E-state index contributed by atoms with van der Waals surface area (Å²) in [7, 11) is 1.59. The van der Waals surface area contributed by atoms with Gasteiger partial charge in [-0.05, 0) is 71.3 Å². The van der Waals surface area contributed by atoms with Gasteiger partial charge in [0.15, 0.2) is 0 Å². The van der Waals surface area contributed by atoms with Gasteiger partial charge in [0, 0.05) is 27.9 Å². The first-order chi connectivity index (χ1) is 16.0. The fourth-order valence-corrected chi connectivity index (χ4v) is 4.64. The Hall–Kier alpha value is -3.47. The lowest BCUT2D eigenvalue weighted by atomic mass is 10.0. The minimum Gasteiger partial charge on any atom is -0.495 e. The summed E-state index contributed by atoms with van der Waals surface area (Å²) < 4.78 is 7.44. The van der Waals surface area contributed by atoms with Crippen molar-refractivity contribution in [1.29, 1.82) is 0 Å². The van der Waals surface area contributed by atoms with E-state index in [2.05, 4.69) is 16.7 Å². The van der Waals surface area contributed by atoms with Gasteiger partial charge >= 0.3 is 0 Å². The predicted molar refractivity (Wildman–Crippen MR) is 134 cm³/mol. The topological polar surface area (TPSA) is 57.2 Å². The first kappa shape index (κ1) is 21.4. The first-order valence-corrected chi connectivity index (χ1v) is 11.1. The van der Waals surface area contributed by atoms with E-state index in [1.165, 1.54) is 0 Å². The number of hydrogen-bond donors (Lipinski definition) is 1. The fourth-order valence-electron chi connectivity index (χ4n) is 4.23. The molecular formula is C27H19Cl2N2O2. The summed E-state index contributed by atoms with van der Waals surface area (Å²) in [4.78, 5) is 12.2. The third-order valence-corrected chi connectivity index (χ3v) is 6.34. The normalized spacial score (nSPS) is 11.2. The molecule has 1 amide bonds. The Kier molecular flexibility index (Phi) is 5.49. The lowest BCUT2D eigenvalue weighted by Gasteiger charge is -2.11. The van der Waals surface area contributed by atoms with Crippen LogP contribution in [0, 0.1) is 6.07 Å². The Labute approximate surface area is 201 Å². The lowest BCUT2D eigenvalue weighted by Crippen LogP contribution is -2.11. The van der Waals surface area contributed by atoms with Gasteiger partial charge in [0.2, 0.25) is 5.91 Å². The summed E-state index contributed by atoms with van der Waals surface area (Å²) in [5.41, 5.74) is 11.1. The highest BCUT2D eigenvalue weighted by molar-refractivity contribution is 6.32. The summed E-state index contributed by atoms with van der Waals surface area (Å²) in [6.45, 7) is 0.545. The maximum absolute atomic E-state index is 12.2. The summed E-state index contributed by atoms with van der Waals surface area (Å²) in [6, 6.07) is 26.4. The van der Waals surface area contributed by atoms with Gasteiger partial charge in [0.1, 0.15) is 5.75 Å². The average molecular weight is 474 g/mol. The number of carbonyl (C=O) groups excluding carboxylic acids is 1. The van der Waals surface area contributed by atoms with E-state index in [-0.39, 0.29) is 0 Å². The molecule has 2 N–H and O–H groups in total. The summed E-state index contributed by atoms with van der Waals surface area (Å²) >= 11 is 12.4. The zero-order valence-corrected chi connectivity index (χ0v) is 19.2. The molecule has 4 nitrogen and oxygen atoms in total. The number of nitrogens with zero attached hydrogens (tertiary/aromatic N) is 1. The molecular weight excluding hydrogens is 455 g/mol. The smallest absolute Gasteiger partial charge is 0.249 e. The van der Waals surface area contributed by atoms with Crippen LogP contribution in [0.3, 0.4) is 0 Å². The third-order valence-electron chi connectivity index (χ3n) is 5.79. The van der Waals surface area contributed by atoms with Crippen LogP contribution in [0.4, 0.5) is 0 Å². The molecule has 33 heavy (non-hydrogen) atoms. The molecule has 0 unspecified atom stereocenters. The van der Waals surface area contributed by atoms with Gasteiger partial charge in [0.05, 0.1) is 23.2 Å². The van der Waals surface area contributed by atoms with Crippen LogP contribution in [0.5, 0.6) is 5.75 Å². The number of carbonyl (C=O) groups is 1. The molecule has 0 saturated heterocycles. The fraction of sp³-hybridized carbons (Fsp3) is 0.0741. The molecule has 5 rings (SSSR count). The second kappa shape index (κ2) is 8.47. The maximum atomic E-state index is 12.2. The zero-order chi connectivity index (χ0) is 23.1. The number of ether oxygens (including phenoxy) is 1. The quantitative estimate of drug-likeness (QED) is 0.307. The number of hydrogen-bond acceptors (Lipinski definition) is 2. The number of nitrogens with two attached hydrogens (primary N) is 1. The first-order valence-electron chi connectivity index (χ1n) is 10.3. The van der Waals surface area contributed by atoms with Crippen molar-refractivity contribution < 1.29 is 9.53 Å². The van der Waals surface area contributed by atoms with E-state index in [4.69, 9.17) is 33.7 Å². The number of fused-ring (bicyclic) bond motifs is 3. The molecule has 0 saturated carbocycles. The standard InChI is InChI=1S/C27H19Cl2N2O2/c1-33-25-12-5-16(13-22(25)29)15-31-23-4-2-3-21(27(30)32)26(23)20-11-8-18(14-24(20)31)17-6-9-19(28)10-7-17/h2-10,12-14H,15H2,1H3,(H2,30,32). The molecule has 0 bridgehead atoms. The van der Waals surface area contributed by atoms with Crippen molar-refractivity contribution in [3.8, 4) is 16.9 Å². The van der Waals surface area contributed by atoms with Crippen LogP contribution in [-0.4, -0.2) is 17.6 Å². The van der Waals surface area contributed by atoms with E-state index in [0.29, 0.717) is 27.9 Å². The van der Waals surface area contributed by atoms with Gasteiger partial charge < -0.3 is 15.0 Å². The minimum absolute atomic E-state index is 0.470. The van der Waals surface area contributed by atoms with Crippen LogP contribution in [0.1, 0.15) is 15.9 Å². The average Bonchev–Trinajstić information content (AvgIpc) is 3.12. The van der Waals surface area contributed by atoms with Crippen LogP contribution in [-0.2, 0) is 6.54 Å². The number of methoxy groups -OCH3 is 1. The summed E-state index contributed by atoms with van der Waals surface area (Å²) in [5, 5.41) is 2.86. The van der Waals surface area contributed by atoms with E-state index in [1.807, 2.05) is 60.7 Å². The number of rotatable bonds is 5. The highest BCUT2D eigenvalue weighted by atomic mass is 35.5. The predicted octanol–water partition coefficient (Wildman–Crippen LogP) is 6.72. The summed E-state index contributed by atoms with van der Waals surface area (Å²) in [6.07, 6.45) is 0. The van der Waals surface area contributed by atoms with Crippen molar-refractivity contribution >= 4 is 50.9 Å². The molecule has 0 fully saturated rings. The number of benzene rings is 4. The van der Waals surface area contributed by atoms with Gasteiger partial charge in [-0.15, -0.1) is 0 Å². The lowest BCUT2D eigenvalue weighted by molar-refractivity contribution is 0.100. The molecule has 4 aromatic carbocycles. The second-order valence-corrected chi connectivity index (χ2v) is 8.62. The van der Waals surface area contributed by atoms with E-state index in [1.54, 1.807) is 13.2 Å². The van der Waals surface area contributed by atoms with Crippen LogP contribution >= 0.6 is 23.2 Å². The highest BCUT2D eigenvalue weighted by Gasteiger charge is 2.18. The van der Waals surface area contributed by atoms with Crippen molar-refractivity contribution in [2.75, 3.05) is 7.11 Å². The number of halogens is 2. The van der Waals surface area contributed by atoms with Crippen molar-refractivity contribution in [1.82, 2.24) is 4.57 Å². The molecule has 0 aliphatic rings. The Morgan fingerprint density at radius 1 is 1.00 bits per heavy atom. The molecule has 6 heteroatoms. The Bertz CT molecular complexity index is 1520. The summed E-state index contributed by atoms with van der Waals surface area (Å²) in [5.74, 6) is 0.152.